The van der Waals surface area contributed by atoms with Gasteiger partial charge < -0.3 is 10.4 Å². The van der Waals surface area contributed by atoms with E-state index in [0.29, 0.717) is 11.4 Å². The van der Waals surface area contributed by atoms with Gasteiger partial charge in [-0.3, -0.25) is 4.90 Å². The molecular formula is C12H16N4O3S. The third-order valence-corrected chi connectivity index (χ3v) is 4.32. The van der Waals surface area contributed by atoms with E-state index < -0.39 is 18.0 Å². The first kappa shape index (κ1) is 14.6. The molecule has 108 valence electrons. The van der Waals surface area contributed by atoms with E-state index in [1.165, 1.54) is 35.4 Å². The summed E-state index contributed by atoms with van der Waals surface area (Å²) >= 11 is 1.50. The Labute approximate surface area is 120 Å². The normalized spacial score (nSPS) is 21.8. The van der Waals surface area contributed by atoms with Gasteiger partial charge in [0.1, 0.15) is 12.4 Å². The molecule has 0 aliphatic carbocycles. The number of hydrogen-bond donors (Lipinski definition) is 2. The van der Waals surface area contributed by atoms with Crippen LogP contribution in [0.1, 0.15) is 19.8 Å². The lowest BCUT2D eigenvalue weighted by Crippen LogP contribution is -2.47. The third-order valence-electron chi connectivity index (χ3n) is 2.96. The van der Waals surface area contributed by atoms with Crippen molar-refractivity contribution in [1.29, 1.82) is 0 Å². The minimum atomic E-state index is -0.976. The Hall–Kier alpha value is -1.83. The first-order chi connectivity index (χ1) is 9.63. The summed E-state index contributed by atoms with van der Waals surface area (Å²) in [5, 5.41) is 11.8. The van der Waals surface area contributed by atoms with Crippen molar-refractivity contribution < 1.29 is 14.7 Å². The quantitative estimate of drug-likeness (QED) is 0.877. The number of thioether (sulfide) groups is 1. The molecule has 1 fully saturated rings. The predicted octanol–water partition coefficient (Wildman–Crippen LogP) is 1.64. The standard InChI is InChI=1S/C12H16N4O3S/c1-2-3-10-16(9(6-20-10)11(17)18)12(19)15-8-4-13-7-14-5-8/h4-5,7,9-10H,2-3,6H2,1H3,(H,15,19)(H,17,18). The molecule has 1 saturated heterocycles. The molecular weight excluding hydrogens is 280 g/mol. The van der Waals surface area contributed by atoms with Crippen LogP contribution >= 0.6 is 11.8 Å². The van der Waals surface area contributed by atoms with Crippen molar-refractivity contribution in [2.75, 3.05) is 11.1 Å². The van der Waals surface area contributed by atoms with Crippen molar-refractivity contribution in [3.63, 3.8) is 0 Å². The smallest absolute Gasteiger partial charge is 0.327 e. The van der Waals surface area contributed by atoms with E-state index in [0.717, 1.165) is 12.8 Å². The number of carbonyl (C=O) groups excluding carboxylic acids is 1. The van der Waals surface area contributed by atoms with Crippen LogP contribution in [0.4, 0.5) is 10.5 Å². The molecule has 0 spiro atoms. The lowest BCUT2D eigenvalue weighted by molar-refractivity contribution is -0.141. The molecule has 8 heteroatoms. The fourth-order valence-corrected chi connectivity index (χ4v) is 3.56. The largest absolute Gasteiger partial charge is 0.480 e. The maximum Gasteiger partial charge on any atom is 0.327 e. The van der Waals surface area contributed by atoms with E-state index in [1.54, 1.807) is 0 Å². The fourth-order valence-electron chi connectivity index (χ4n) is 2.05. The van der Waals surface area contributed by atoms with Gasteiger partial charge in [-0.15, -0.1) is 11.8 Å². The van der Waals surface area contributed by atoms with Crippen LogP contribution < -0.4 is 5.32 Å². The number of carbonyl (C=O) groups is 2. The maximum absolute atomic E-state index is 12.3. The van der Waals surface area contributed by atoms with Gasteiger partial charge in [0, 0.05) is 5.75 Å². The van der Waals surface area contributed by atoms with Crippen molar-refractivity contribution in [1.82, 2.24) is 14.9 Å². The van der Waals surface area contributed by atoms with Crippen molar-refractivity contribution >= 4 is 29.4 Å². The number of aromatic nitrogens is 2. The molecule has 2 heterocycles. The Morgan fingerprint density at radius 1 is 1.50 bits per heavy atom. The van der Waals surface area contributed by atoms with Gasteiger partial charge in [0.05, 0.1) is 23.5 Å². The third kappa shape index (κ3) is 3.19. The average Bonchev–Trinajstić information content (AvgIpc) is 2.84. The molecule has 7 nitrogen and oxygen atoms in total. The summed E-state index contributed by atoms with van der Waals surface area (Å²) in [7, 11) is 0. The van der Waals surface area contributed by atoms with E-state index in [4.69, 9.17) is 0 Å². The number of hydrogen-bond acceptors (Lipinski definition) is 5. The van der Waals surface area contributed by atoms with Crippen molar-refractivity contribution in [3.05, 3.63) is 18.7 Å². The number of anilines is 1. The molecule has 2 amide bonds. The Morgan fingerprint density at radius 2 is 2.20 bits per heavy atom. The number of nitrogens with zero attached hydrogens (tertiary/aromatic N) is 3. The molecule has 2 unspecified atom stereocenters. The second-order valence-electron chi connectivity index (χ2n) is 4.40. The second-order valence-corrected chi connectivity index (χ2v) is 5.61. The van der Waals surface area contributed by atoms with E-state index in [2.05, 4.69) is 15.3 Å². The zero-order valence-corrected chi connectivity index (χ0v) is 11.8. The summed E-state index contributed by atoms with van der Waals surface area (Å²) in [6.07, 6.45) is 5.97. The molecule has 2 N–H and O–H groups in total. The molecule has 0 bridgehead atoms. The highest BCUT2D eigenvalue weighted by Gasteiger charge is 2.41. The minimum absolute atomic E-state index is 0.106. The van der Waals surface area contributed by atoms with Gasteiger partial charge in [-0.25, -0.2) is 19.6 Å². The Kier molecular flexibility index (Phi) is 4.78. The van der Waals surface area contributed by atoms with Gasteiger partial charge in [0.2, 0.25) is 0 Å². The van der Waals surface area contributed by atoms with E-state index in [9.17, 15) is 14.7 Å². The monoisotopic (exact) mass is 296 g/mol. The Morgan fingerprint density at radius 3 is 2.80 bits per heavy atom. The van der Waals surface area contributed by atoms with Gasteiger partial charge in [-0.05, 0) is 6.42 Å². The van der Waals surface area contributed by atoms with Crippen LogP contribution in [0.15, 0.2) is 18.7 Å². The van der Waals surface area contributed by atoms with Crippen LogP contribution in [0, 0.1) is 0 Å². The predicted molar refractivity (Wildman–Crippen MR) is 75.5 cm³/mol. The van der Waals surface area contributed by atoms with Crippen LogP contribution in [0.5, 0.6) is 0 Å². The molecule has 0 aromatic carbocycles. The summed E-state index contributed by atoms with van der Waals surface area (Å²) < 4.78 is 0. The number of nitrogens with one attached hydrogen (secondary N) is 1. The highest BCUT2D eigenvalue weighted by molar-refractivity contribution is 8.00. The van der Waals surface area contributed by atoms with Gasteiger partial charge in [0.15, 0.2) is 0 Å². The van der Waals surface area contributed by atoms with Crippen LogP contribution in [0.3, 0.4) is 0 Å². The van der Waals surface area contributed by atoms with Crippen molar-refractivity contribution in [2.24, 2.45) is 0 Å². The maximum atomic E-state index is 12.3. The summed E-state index contributed by atoms with van der Waals surface area (Å²) in [5.41, 5.74) is 0.453. The van der Waals surface area contributed by atoms with Gasteiger partial charge in [-0.2, -0.15) is 0 Å². The SMILES string of the molecule is CCCC1SCC(C(=O)O)N1C(=O)Nc1cncnc1. The van der Waals surface area contributed by atoms with E-state index in [-0.39, 0.29) is 5.37 Å². The molecule has 2 atom stereocenters. The molecule has 0 saturated carbocycles. The molecule has 20 heavy (non-hydrogen) atoms. The minimum Gasteiger partial charge on any atom is -0.480 e. The molecule has 0 radical (unpaired) electrons. The van der Waals surface area contributed by atoms with E-state index in [1.807, 2.05) is 6.92 Å². The van der Waals surface area contributed by atoms with Crippen molar-refractivity contribution in [2.45, 2.75) is 31.2 Å². The number of aliphatic carboxylic acids is 1. The van der Waals surface area contributed by atoms with Gasteiger partial charge in [0.25, 0.3) is 0 Å². The first-order valence-corrected chi connectivity index (χ1v) is 7.37. The average molecular weight is 296 g/mol. The number of carboxylic acid groups (broad SMARTS) is 1. The summed E-state index contributed by atoms with van der Waals surface area (Å²) in [6, 6.07) is -1.21. The highest BCUT2D eigenvalue weighted by Crippen LogP contribution is 2.32. The van der Waals surface area contributed by atoms with Gasteiger partial charge >= 0.3 is 12.0 Å². The number of carboxylic acids is 1. The molecule has 1 aromatic rings. The Bertz CT molecular complexity index is 485. The zero-order chi connectivity index (χ0) is 14.5. The lowest BCUT2D eigenvalue weighted by Gasteiger charge is -2.27. The Balaban J connectivity index is 2.12. The number of amides is 2. The summed E-state index contributed by atoms with van der Waals surface area (Å²) in [5.74, 6) is -0.561. The first-order valence-electron chi connectivity index (χ1n) is 6.32. The van der Waals surface area contributed by atoms with Crippen LogP contribution in [0.2, 0.25) is 0 Å². The zero-order valence-electron chi connectivity index (χ0n) is 11.0. The van der Waals surface area contributed by atoms with Crippen LogP contribution in [-0.4, -0.2) is 49.1 Å². The summed E-state index contributed by atoms with van der Waals surface area (Å²) in [6.45, 7) is 2.01. The molecule has 1 aromatic heterocycles. The van der Waals surface area contributed by atoms with Crippen LogP contribution in [0.25, 0.3) is 0 Å². The number of urea groups is 1. The van der Waals surface area contributed by atoms with Crippen molar-refractivity contribution in [3.8, 4) is 0 Å². The molecule has 1 aliphatic rings. The van der Waals surface area contributed by atoms with Gasteiger partial charge in [-0.1, -0.05) is 13.3 Å². The molecule has 1 aliphatic heterocycles. The topological polar surface area (TPSA) is 95.4 Å². The fraction of sp³-hybridized carbons (Fsp3) is 0.500. The van der Waals surface area contributed by atoms with E-state index >= 15 is 0 Å². The number of rotatable bonds is 4. The second kappa shape index (κ2) is 6.56. The van der Waals surface area contributed by atoms with Crippen LogP contribution in [-0.2, 0) is 4.79 Å². The highest BCUT2D eigenvalue weighted by atomic mass is 32.2. The molecule has 2 rings (SSSR count). The summed E-state index contributed by atoms with van der Waals surface area (Å²) in [4.78, 5) is 32.6. The lowest BCUT2D eigenvalue weighted by atomic mass is 10.2.